The fraction of sp³-hybridized carbons (Fsp3) is 0.467. The Hall–Kier alpha value is -0.840. The Kier molecular flexibility index (Phi) is 5.43. The quantitative estimate of drug-likeness (QED) is 0.843. The summed E-state index contributed by atoms with van der Waals surface area (Å²) in [6.45, 7) is 8.19. The van der Waals surface area contributed by atoms with Crippen molar-refractivity contribution in [2.24, 2.45) is 0 Å². The van der Waals surface area contributed by atoms with E-state index in [9.17, 15) is 0 Å². The van der Waals surface area contributed by atoms with E-state index >= 15 is 0 Å². The summed E-state index contributed by atoms with van der Waals surface area (Å²) in [4.78, 5) is 2.52. The molecule has 0 aliphatic carbocycles. The third-order valence-electron chi connectivity index (χ3n) is 3.54. The Morgan fingerprint density at radius 3 is 2.79 bits per heavy atom. The molecule has 1 heterocycles. The summed E-state index contributed by atoms with van der Waals surface area (Å²) in [5.41, 5.74) is 1.31. The predicted octanol–water partition coefficient (Wildman–Crippen LogP) is 2.98. The van der Waals surface area contributed by atoms with E-state index in [4.69, 9.17) is 4.74 Å². The number of methoxy groups -OCH3 is 1. The number of nitrogens with one attached hydrogen (secondary N) is 1. The molecular formula is C15H21BrN2O. The first kappa shape index (κ1) is 14.6. The van der Waals surface area contributed by atoms with Crippen molar-refractivity contribution in [1.29, 1.82) is 0 Å². The monoisotopic (exact) mass is 324 g/mol. The average molecular weight is 325 g/mol. The first-order chi connectivity index (χ1) is 9.26. The lowest BCUT2D eigenvalue weighted by molar-refractivity contribution is 0.174. The SMILES string of the molecule is C=CC[C@H](c1ccc(OC)c(Br)c1)N1CCNCC1. The molecule has 0 saturated carbocycles. The van der Waals surface area contributed by atoms with Crippen LogP contribution in [0.25, 0.3) is 0 Å². The van der Waals surface area contributed by atoms with E-state index in [1.54, 1.807) is 7.11 Å². The van der Waals surface area contributed by atoms with E-state index in [1.807, 2.05) is 12.1 Å². The standard InChI is InChI=1S/C15H21BrN2O/c1-3-4-14(18-9-7-17-8-10-18)12-5-6-15(19-2)13(16)11-12/h3,5-6,11,14,17H,1,4,7-10H2,2H3/t14-/m1/s1. The van der Waals surface area contributed by atoms with Gasteiger partial charge in [0.05, 0.1) is 11.6 Å². The van der Waals surface area contributed by atoms with Crippen LogP contribution in [0.2, 0.25) is 0 Å². The molecule has 1 N–H and O–H groups in total. The van der Waals surface area contributed by atoms with Gasteiger partial charge in [0.2, 0.25) is 0 Å². The largest absolute Gasteiger partial charge is 0.496 e. The summed E-state index contributed by atoms with van der Waals surface area (Å²) in [7, 11) is 1.69. The van der Waals surface area contributed by atoms with Crippen LogP contribution in [0.3, 0.4) is 0 Å². The van der Waals surface area contributed by atoms with Crippen molar-refractivity contribution in [3.63, 3.8) is 0 Å². The summed E-state index contributed by atoms with van der Waals surface area (Å²) in [6.07, 6.45) is 2.98. The van der Waals surface area contributed by atoms with Crippen LogP contribution in [0, 0.1) is 0 Å². The molecule has 1 aliphatic heterocycles. The molecule has 1 aliphatic rings. The molecule has 1 aromatic carbocycles. The number of halogens is 1. The number of hydrogen-bond acceptors (Lipinski definition) is 3. The van der Waals surface area contributed by atoms with Gasteiger partial charge in [0.25, 0.3) is 0 Å². The van der Waals surface area contributed by atoms with E-state index < -0.39 is 0 Å². The molecule has 0 amide bonds. The van der Waals surface area contributed by atoms with Gasteiger partial charge < -0.3 is 10.1 Å². The second-order valence-electron chi connectivity index (χ2n) is 4.72. The summed E-state index contributed by atoms with van der Waals surface area (Å²) in [5.74, 6) is 0.876. The van der Waals surface area contributed by atoms with Gasteiger partial charge in [-0.1, -0.05) is 12.1 Å². The second kappa shape index (κ2) is 7.08. The van der Waals surface area contributed by atoms with Crippen LogP contribution in [-0.2, 0) is 0 Å². The molecular weight excluding hydrogens is 304 g/mol. The average Bonchev–Trinajstić information content (AvgIpc) is 2.45. The molecule has 0 bridgehead atoms. The van der Waals surface area contributed by atoms with Crippen molar-refractivity contribution in [1.82, 2.24) is 10.2 Å². The van der Waals surface area contributed by atoms with Crippen molar-refractivity contribution in [2.75, 3.05) is 33.3 Å². The highest BCUT2D eigenvalue weighted by Crippen LogP contribution is 2.32. The van der Waals surface area contributed by atoms with Gasteiger partial charge in [0.15, 0.2) is 0 Å². The minimum Gasteiger partial charge on any atom is -0.496 e. The number of rotatable bonds is 5. The fourth-order valence-electron chi connectivity index (χ4n) is 2.54. The Morgan fingerprint density at radius 2 is 2.21 bits per heavy atom. The zero-order valence-corrected chi connectivity index (χ0v) is 12.9. The number of ether oxygens (including phenoxy) is 1. The van der Waals surface area contributed by atoms with Crippen LogP contribution in [-0.4, -0.2) is 38.2 Å². The molecule has 19 heavy (non-hydrogen) atoms. The van der Waals surface area contributed by atoms with Crippen molar-refractivity contribution in [3.05, 3.63) is 40.9 Å². The van der Waals surface area contributed by atoms with E-state index in [-0.39, 0.29) is 0 Å². The molecule has 1 atom stereocenters. The third kappa shape index (κ3) is 3.59. The van der Waals surface area contributed by atoms with Gasteiger partial charge in [0.1, 0.15) is 5.75 Å². The minimum absolute atomic E-state index is 0.404. The van der Waals surface area contributed by atoms with E-state index in [1.165, 1.54) is 5.56 Å². The zero-order chi connectivity index (χ0) is 13.7. The molecule has 2 rings (SSSR count). The van der Waals surface area contributed by atoms with Gasteiger partial charge in [-0.05, 0) is 40.0 Å². The molecule has 0 aromatic heterocycles. The highest BCUT2D eigenvalue weighted by molar-refractivity contribution is 9.10. The summed E-state index contributed by atoms with van der Waals surface area (Å²) in [6, 6.07) is 6.74. The van der Waals surface area contributed by atoms with Gasteiger partial charge in [-0.15, -0.1) is 6.58 Å². The normalized spacial score (nSPS) is 18.0. The lowest BCUT2D eigenvalue weighted by Gasteiger charge is -2.35. The van der Waals surface area contributed by atoms with Crippen LogP contribution in [0.4, 0.5) is 0 Å². The van der Waals surface area contributed by atoms with Crippen molar-refractivity contribution in [3.8, 4) is 5.75 Å². The highest BCUT2D eigenvalue weighted by Gasteiger charge is 2.21. The molecule has 0 spiro atoms. The maximum absolute atomic E-state index is 5.29. The maximum atomic E-state index is 5.29. The highest BCUT2D eigenvalue weighted by atomic mass is 79.9. The Bertz CT molecular complexity index is 430. The lowest BCUT2D eigenvalue weighted by Crippen LogP contribution is -2.45. The number of hydrogen-bond donors (Lipinski definition) is 1. The molecule has 1 aromatic rings. The molecule has 1 saturated heterocycles. The molecule has 1 fully saturated rings. The van der Waals surface area contributed by atoms with Gasteiger partial charge >= 0.3 is 0 Å². The van der Waals surface area contributed by atoms with Gasteiger partial charge in [-0.25, -0.2) is 0 Å². The van der Waals surface area contributed by atoms with Crippen LogP contribution in [0.1, 0.15) is 18.0 Å². The lowest BCUT2D eigenvalue weighted by atomic mass is 10.0. The summed E-state index contributed by atoms with van der Waals surface area (Å²) < 4.78 is 6.31. The zero-order valence-electron chi connectivity index (χ0n) is 11.4. The second-order valence-corrected chi connectivity index (χ2v) is 5.57. The van der Waals surface area contributed by atoms with Crippen LogP contribution >= 0.6 is 15.9 Å². The van der Waals surface area contributed by atoms with Crippen LogP contribution in [0.15, 0.2) is 35.3 Å². The molecule has 104 valence electrons. The number of benzene rings is 1. The third-order valence-corrected chi connectivity index (χ3v) is 4.16. The first-order valence-electron chi connectivity index (χ1n) is 6.65. The summed E-state index contributed by atoms with van der Waals surface area (Å²) in [5, 5.41) is 3.40. The minimum atomic E-state index is 0.404. The van der Waals surface area contributed by atoms with E-state index in [0.717, 1.165) is 42.8 Å². The molecule has 3 nitrogen and oxygen atoms in total. The predicted molar refractivity (Wildman–Crippen MR) is 82.7 cm³/mol. The van der Waals surface area contributed by atoms with Gasteiger partial charge in [0, 0.05) is 32.2 Å². The maximum Gasteiger partial charge on any atom is 0.133 e. The first-order valence-corrected chi connectivity index (χ1v) is 7.44. The Morgan fingerprint density at radius 1 is 1.47 bits per heavy atom. The van der Waals surface area contributed by atoms with Gasteiger partial charge in [-0.3, -0.25) is 4.90 Å². The van der Waals surface area contributed by atoms with Crippen LogP contribution < -0.4 is 10.1 Å². The Labute approximate surface area is 123 Å². The van der Waals surface area contributed by atoms with Crippen LogP contribution in [0.5, 0.6) is 5.75 Å². The summed E-state index contributed by atoms with van der Waals surface area (Å²) >= 11 is 3.57. The molecule has 4 heteroatoms. The van der Waals surface area contributed by atoms with Gasteiger partial charge in [-0.2, -0.15) is 0 Å². The topological polar surface area (TPSA) is 24.5 Å². The van der Waals surface area contributed by atoms with Crippen molar-refractivity contribution < 1.29 is 4.74 Å². The number of piperazine rings is 1. The van der Waals surface area contributed by atoms with Crippen molar-refractivity contribution >= 4 is 15.9 Å². The van der Waals surface area contributed by atoms with Crippen molar-refractivity contribution in [2.45, 2.75) is 12.5 Å². The molecule has 0 unspecified atom stereocenters. The smallest absolute Gasteiger partial charge is 0.133 e. The Balaban J connectivity index is 2.22. The number of nitrogens with zero attached hydrogens (tertiary/aromatic N) is 1. The molecule has 0 radical (unpaired) electrons. The van der Waals surface area contributed by atoms with E-state index in [2.05, 4.69) is 44.9 Å². The van der Waals surface area contributed by atoms with E-state index in [0.29, 0.717) is 6.04 Å². The fourth-order valence-corrected chi connectivity index (χ4v) is 3.10.